The van der Waals surface area contributed by atoms with Crippen molar-refractivity contribution >= 4 is 76.9 Å². The maximum Gasteiger partial charge on any atom is 0.326 e. The zero-order chi connectivity index (χ0) is 64.7. The van der Waals surface area contributed by atoms with Gasteiger partial charge >= 0.3 is 5.97 Å². The van der Waals surface area contributed by atoms with Crippen molar-refractivity contribution in [2.75, 3.05) is 19.6 Å². The van der Waals surface area contributed by atoms with Crippen LogP contribution in [0, 0.1) is 0 Å². The van der Waals surface area contributed by atoms with Crippen LogP contribution < -0.4 is 77.4 Å². The minimum absolute atomic E-state index is 0.00898. The minimum Gasteiger partial charge on any atom is -0.480 e. The molecule has 22 N–H and O–H groups in total. The molecule has 0 radical (unpaired) electrons. The molecule has 0 saturated carbocycles. The number of guanidine groups is 1. The third-order valence-corrected chi connectivity index (χ3v) is 14.4. The summed E-state index contributed by atoms with van der Waals surface area (Å²) in [5.41, 5.74) is 40.9. The van der Waals surface area contributed by atoms with Crippen molar-refractivity contribution in [2.45, 2.75) is 157 Å². The predicted octanol–water partition coefficient (Wildman–Crippen LogP) is -3.51. The first-order chi connectivity index (χ1) is 41.9. The topological polar surface area (TPSA) is 507 Å². The number of nitrogens with one attached hydrogen (secondary N) is 7. The normalized spacial score (nSPS) is 15.4. The summed E-state index contributed by atoms with van der Waals surface area (Å²) in [6.07, 6.45) is -1.01. The van der Waals surface area contributed by atoms with Gasteiger partial charge in [0, 0.05) is 51.6 Å². The molecule has 3 aromatic carbocycles. The first-order valence-corrected chi connectivity index (χ1v) is 29.1. The van der Waals surface area contributed by atoms with E-state index in [0.29, 0.717) is 36.1 Å². The second kappa shape index (κ2) is 37.1. The number of benzene rings is 3. The number of carbonyl (C=O) groups is 12. The lowest BCUT2D eigenvalue weighted by Gasteiger charge is -2.31. The smallest absolute Gasteiger partial charge is 0.326 e. The van der Waals surface area contributed by atoms with Crippen LogP contribution in [0.15, 0.2) is 96.0 Å². The van der Waals surface area contributed by atoms with Crippen LogP contribution in [0.1, 0.15) is 100 Å². The summed E-state index contributed by atoms with van der Waals surface area (Å²) in [6, 6.07) is 12.6. The molecule has 1 aliphatic rings. The summed E-state index contributed by atoms with van der Waals surface area (Å²) in [7, 11) is 0. The van der Waals surface area contributed by atoms with Crippen LogP contribution in [0.5, 0.6) is 0 Å². The molecule has 9 atom stereocenters. The number of likely N-dealkylation sites (tertiary alicyclic amines) is 1. The SMILES string of the molecule is NCCCC[C@H](N)C(=O)N[C@@H](CCCN=C(N)N)C(=O)N[C@@H](Cc1ccccc1)C(=O)N[C@@H](CCC(N)=O)C(=O)N1CCC[C@H]1C(=O)N[C@@H](Cc1ccccc1)C(=O)N[C@@H](CCC(N)=O)C(=O)N[C@@H](CCC(N)=O)C(=O)N[C@@H](Cc1ccccc1)C(=O)O. The molecule has 11 amide bonds. The monoisotopic (exact) mass is 1220 g/mol. The lowest BCUT2D eigenvalue weighted by molar-refractivity contribution is -0.143. The molecule has 0 aliphatic carbocycles. The van der Waals surface area contributed by atoms with Crippen molar-refractivity contribution < 1.29 is 62.6 Å². The average molecular weight is 1230 g/mol. The van der Waals surface area contributed by atoms with Gasteiger partial charge in [0.15, 0.2) is 5.96 Å². The maximum absolute atomic E-state index is 14.8. The fraction of sp³-hybridized carbons (Fsp3) is 0.475. The Labute approximate surface area is 509 Å². The molecule has 0 spiro atoms. The molecule has 1 fully saturated rings. The first kappa shape index (κ1) is 71.0. The fourth-order valence-corrected chi connectivity index (χ4v) is 9.65. The van der Waals surface area contributed by atoms with Crippen LogP contribution in [0.4, 0.5) is 0 Å². The van der Waals surface area contributed by atoms with E-state index in [1.54, 1.807) is 91.0 Å². The number of rotatable bonds is 39. The highest BCUT2D eigenvalue weighted by Crippen LogP contribution is 2.21. The molecule has 29 nitrogen and oxygen atoms in total. The number of carboxylic acids is 1. The summed E-state index contributed by atoms with van der Waals surface area (Å²) in [4.78, 5) is 168. The number of hydrogen-bond donors (Lipinski definition) is 15. The molecule has 1 aliphatic heterocycles. The summed E-state index contributed by atoms with van der Waals surface area (Å²) in [5.74, 6) is -11.1. The Kier molecular flexibility index (Phi) is 30.0. The number of nitrogens with zero attached hydrogens (tertiary/aromatic N) is 2. The van der Waals surface area contributed by atoms with Crippen molar-refractivity contribution in [3.05, 3.63) is 108 Å². The van der Waals surface area contributed by atoms with Crippen LogP contribution in [0.2, 0.25) is 0 Å². The van der Waals surface area contributed by atoms with E-state index in [2.05, 4.69) is 42.2 Å². The Bertz CT molecular complexity index is 2880. The quantitative estimate of drug-likeness (QED) is 0.0150. The van der Waals surface area contributed by atoms with Gasteiger partial charge in [0.2, 0.25) is 65.0 Å². The van der Waals surface area contributed by atoms with Crippen molar-refractivity contribution in [2.24, 2.45) is 45.1 Å². The van der Waals surface area contributed by atoms with E-state index in [4.69, 9.17) is 40.1 Å². The summed E-state index contributed by atoms with van der Waals surface area (Å²) in [5, 5.41) is 28.1. The van der Waals surface area contributed by atoms with Gasteiger partial charge < -0.3 is 87.4 Å². The average Bonchev–Trinajstić information content (AvgIpc) is 2.21. The second-order valence-corrected chi connectivity index (χ2v) is 21.4. The lowest BCUT2D eigenvalue weighted by atomic mass is 10.0. The Morgan fingerprint density at radius 1 is 0.477 bits per heavy atom. The van der Waals surface area contributed by atoms with Crippen LogP contribution >= 0.6 is 0 Å². The third-order valence-electron chi connectivity index (χ3n) is 14.4. The number of nitrogens with two attached hydrogens (primary N) is 7. The number of amides is 11. The molecule has 29 heteroatoms. The molecule has 4 rings (SSSR count). The Balaban J connectivity index is 1.62. The van der Waals surface area contributed by atoms with Crippen molar-refractivity contribution in [1.29, 1.82) is 0 Å². The summed E-state index contributed by atoms with van der Waals surface area (Å²) >= 11 is 0. The summed E-state index contributed by atoms with van der Waals surface area (Å²) in [6.45, 7) is 0.448. The highest BCUT2D eigenvalue weighted by atomic mass is 16.4. The number of carboxylic acid groups (broad SMARTS) is 1. The Hall–Kier alpha value is -9.51. The van der Waals surface area contributed by atoms with E-state index < -0.39 is 157 Å². The molecule has 88 heavy (non-hydrogen) atoms. The predicted molar refractivity (Wildman–Crippen MR) is 322 cm³/mol. The zero-order valence-electron chi connectivity index (χ0n) is 49.1. The number of primary amides is 3. The number of carbonyl (C=O) groups excluding carboxylic acids is 11. The highest BCUT2D eigenvalue weighted by molar-refractivity contribution is 5.99. The van der Waals surface area contributed by atoms with Gasteiger partial charge in [0.25, 0.3) is 0 Å². The van der Waals surface area contributed by atoms with Gasteiger partial charge in [0.1, 0.15) is 48.3 Å². The fourth-order valence-electron chi connectivity index (χ4n) is 9.65. The molecule has 3 aromatic rings. The number of unbranched alkanes of at least 4 members (excludes halogenated alkanes) is 1. The van der Waals surface area contributed by atoms with Gasteiger partial charge in [-0.15, -0.1) is 0 Å². The van der Waals surface area contributed by atoms with Crippen LogP contribution in [0.3, 0.4) is 0 Å². The van der Waals surface area contributed by atoms with E-state index in [0.717, 1.165) is 0 Å². The van der Waals surface area contributed by atoms with Crippen LogP contribution in [0.25, 0.3) is 0 Å². The van der Waals surface area contributed by atoms with Gasteiger partial charge in [-0.25, -0.2) is 4.79 Å². The number of aliphatic imine (C=N–C) groups is 1. The highest BCUT2D eigenvalue weighted by Gasteiger charge is 2.41. The van der Waals surface area contributed by atoms with Gasteiger partial charge in [-0.05, 0) is 81.0 Å². The molecule has 478 valence electrons. The lowest BCUT2D eigenvalue weighted by Crippen LogP contribution is -2.60. The Morgan fingerprint density at radius 3 is 1.31 bits per heavy atom. The third kappa shape index (κ3) is 25.2. The van der Waals surface area contributed by atoms with Gasteiger partial charge in [-0.1, -0.05) is 97.4 Å². The second-order valence-electron chi connectivity index (χ2n) is 21.4. The van der Waals surface area contributed by atoms with E-state index in [-0.39, 0.29) is 76.8 Å². The molecular formula is C59H84N16O13. The molecule has 0 bridgehead atoms. The van der Waals surface area contributed by atoms with Crippen LogP contribution in [-0.4, -0.2) is 161 Å². The van der Waals surface area contributed by atoms with E-state index in [1.165, 1.54) is 4.90 Å². The first-order valence-electron chi connectivity index (χ1n) is 29.1. The minimum atomic E-state index is -1.64. The largest absolute Gasteiger partial charge is 0.480 e. The van der Waals surface area contributed by atoms with Crippen molar-refractivity contribution in [1.82, 2.24) is 42.1 Å². The van der Waals surface area contributed by atoms with Crippen molar-refractivity contribution in [3.63, 3.8) is 0 Å². The standard InChI is InChI=1S/C59H84N16O13/c60-29-11-10-20-38(61)50(79)68-39(21-12-30-67-59(65)66)51(80)72-43(32-35-14-4-1-5-15-35)55(84)71-42(25-28-49(64)78)57(86)75-31-13-22-46(75)56(85)73-44(33-36-16-6-2-7-17-36)54(83)70-40(23-26-47(62)76)52(81)69-41(24-27-48(63)77)53(82)74-45(58(87)88)34-37-18-8-3-9-19-37/h1-9,14-19,38-46H,10-13,20-34,60-61H2,(H2,62,76)(H2,63,77)(H2,64,78)(H,68,79)(H,69,81)(H,70,83)(H,71,84)(H,72,80)(H,73,85)(H,74,82)(H,87,88)(H4,65,66,67)/t38-,39-,40-,41-,42-,43-,44-,45-,46-/m0/s1. The van der Waals surface area contributed by atoms with Crippen molar-refractivity contribution in [3.8, 4) is 0 Å². The maximum atomic E-state index is 14.8. The molecule has 0 unspecified atom stereocenters. The van der Waals surface area contributed by atoms with E-state index >= 15 is 0 Å². The number of aliphatic carboxylic acids is 1. The summed E-state index contributed by atoms with van der Waals surface area (Å²) < 4.78 is 0. The molecule has 1 heterocycles. The van der Waals surface area contributed by atoms with Gasteiger partial charge in [0.05, 0.1) is 6.04 Å². The van der Waals surface area contributed by atoms with Gasteiger partial charge in [-0.3, -0.25) is 57.7 Å². The Morgan fingerprint density at radius 2 is 0.864 bits per heavy atom. The molecule has 1 saturated heterocycles. The van der Waals surface area contributed by atoms with Crippen LogP contribution in [-0.2, 0) is 76.8 Å². The van der Waals surface area contributed by atoms with E-state index in [9.17, 15) is 62.6 Å². The zero-order valence-corrected chi connectivity index (χ0v) is 49.1. The molecule has 0 aromatic heterocycles. The number of hydrogen-bond acceptors (Lipinski definition) is 15. The molecular weight excluding hydrogens is 1140 g/mol. The van der Waals surface area contributed by atoms with E-state index in [1.807, 2.05) is 0 Å². The van der Waals surface area contributed by atoms with Gasteiger partial charge in [-0.2, -0.15) is 0 Å².